The maximum Gasteiger partial charge on any atom is 0.273 e. The Morgan fingerprint density at radius 2 is 1.68 bits per heavy atom. The van der Waals surface area contributed by atoms with Crippen LogP contribution in [0.2, 0.25) is 5.02 Å². The number of halogens is 1. The van der Waals surface area contributed by atoms with E-state index in [-0.39, 0.29) is 22.7 Å². The van der Waals surface area contributed by atoms with Crippen molar-refractivity contribution in [1.29, 1.82) is 0 Å². The van der Waals surface area contributed by atoms with Crippen LogP contribution in [0.15, 0.2) is 60.7 Å². The third-order valence-corrected chi connectivity index (χ3v) is 6.36. The fraction of sp³-hybridized carbons (Fsp3) is 0.250. The second-order valence-corrected chi connectivity index (χ2v) is 8.68. The van der Waals surface area contributed by atoms with Gasteiger partial charge in [0.2, 0.25) is 0 Å². The number of ketones is 1. The molecule has 0 aromatic heterocycles. The van der Waals surface area contributed by atoms with E-state index in [1.165, 1.54) is 36.4 Å². The van der Waals surface area contributed by atoms with Crippen LogP contribution < -0.4 is 0 Å². The molecule has 2 aliphatic rings. The smallest absolute Gasteiger partial charge is 0.273 e. The Balaban J connectivity index is 1.70. The summed E-state index contributed by atoms with van der Waals surface area (Å²) in [5.41, 5.74) is 0.0215. The highest BCUT2D eigenvalue weighted by Gasteiger charge is 2.53. The Kier molecular flexibility index (Phi) is 6.30. The van der Waals surface area contributed by atoms with Crippen LogP contribution in [0.25, 0.3) is 0 Å². The predicted molar refractivity (Wildman–Crippen MR) is 122 cm³/mol. The summed E-state index contributed by atoms with van der Waals surface area (Å²) < 4.78 is 0. The second-order valence-electron chi connectivity index (χ2n) is 8.24. The van der Waals surface area contributed by atoms with Gasteiger partial charge in [-0.1, -0.05) is 30.7 Å². The summed E-state index contributed by atoms with van der Waals surface area (Å²) in [7, 11) is 0. The summed E-state index contributed by atoms with van der Waals surface area (Å²) in [5.74, 6) is -3.85. The number of carbonyl (C=O) groups excluding carboxylic acids is 4. The fourth-order valence-electron chi connectivity index (χ4n) is 4.34. The second kappa shape index (κ2) is 9.18. The zero-order chi connectivity index (χ0) is 24.6. The van der Waals surface area contributed by atoms with E-state index in [2.05, 4.69) is 0 Å². The number of non-ortho nitro benzene ring substituents is 1. The number of fused-ring (bicyclic) bond motifs is 1. The van der Waals surface area contributed by atoms with Crippen molar-refractivity contribution in [2.75, 3.05) is 6.54 Å². The van der Waals surface area contributed by atoms with Crippen molar-refractivity contribution in [3.8, 4) is 0 Å². The number of hydrogen-bond acceptors (Lipinski definition) is 6. The number of Topliss-reactive ketones (excluding diaryl/α,β-unsaturated/α-hetero) is 1. The molecule has 174 valence electrons. The number of allylic oxidation sites excluding steroid dienone is 2. The third kappa shape index (κ3) is 4.22. The number of nitro benzene ring substituents is 1. The minimum Gasteiger partial charge on any atom is -0.292 e. The maximum atomic E-state index is 13.4. The zero-order valence-corrected chi connectivity index (χ0v) is 18.8. The van der Waals surface area contributed by atoms with E-state index in [0.29, 0.717) is 11.4 Å². The molecule has 0 N–H and O–H groups in total. The fourth-order valence-corrected chi connectivity index (χ4v) is 4.47. The topological polar surface area (TPSA) is 118 Å². The summed E-state index contributed by atoms with van der Waals surface area (Å²) in [5, 5.41) is 13.0. The molecule has 3 amide bonds. The summed E-state index contributed by atoms with van der Waals surface area (Å²) in [6.07, 6.45) is 4.06. The number of nitrogens with zero attached hydrogens (tertiary/aromatic N) is 3. The normalized spacial score (nSPS) is 21.4. The first-order valence-electron chi connectivity index (χ1n) is 10.6. The molecule has 1 fully saturated rings. The first-order chi connectivity index (χ1) is 16.2. The monoisotopic (exact) mass is 481 g/mol. The van der Waals surface area contributed by atoms with Crippen molar-refractivity contribution in [1.82, 2.24) is 10.0 Å². The van der Waals surface area contributed by atoms with Crippen LogP contribution in [0, 0.1) is 27.9 Å². The number of hydrazine groups is 1. The number of rotatable bonds is 6. The lowest BCUT2D eigenvalue weighted by molar-refractivity contribution is -0.384. The highest BCUT2D eigenvalue weighted by Crippen LogP contribution is 2.39. The maximum absolute atomic E-state index is 13.4. The quantitative estimate of drug-likeness (QED) is 0.204. The zero-order valence-electron chi connectivity index (χ0n) is 18.1. The SMILES string of the molecule is C[C@@H]1C=CC[C@H]2C(=O)N(N(CC(=O)c3ccc(Cl)cc3)C(=O)c3ccc([N+](=O)[O-])cc3)C(=O)[C@@H]12. The largest absolute Gasteiger partial charge is 0.292 e. The van der Waals surface area contributed by atoms with Crippen molar-refractivity contribution in [2.24, 2.45) is 17.8 Å². The number of benzene rings is 2. The number of nitro groups is 1. The van der Waals surface area contributed by atoms with Gasteiger partial charge >= 0.3 is 0 Å². The molecule has 2 aromatic carbocycles. The van der Waals surface area contributed by atoms with Crippen LogP contribution in [0.3, 0.4) is 0 Å². The van der Waals surface area contributed by atoms with Gasteiger partial charge in [-0.25, -0.2) is 5.01 Å². The van der Waals surface area contributed by atoms with Crippen LogP contribution in [0.1, 0.15) is 34.1 Å². The minimum atomic E-state index is -0.793. The van der Waals surface area contributed by atoms with E-state index in [9.17, 15) is 29.3 Å². The Morgan fingerprint density at radius 3 is 2.26 bits per heavy atom. The van der Waals surface area contributed by atoms with E-state index < -0.39 is 46.8 Å². The van der Waals surface area contributed by atoms with Crippen LogP contribution >= 0.6 is 11.6 Å². The molecular weight excluding hydrogens is 462 g/mol. The van der Waals surface area contributed by atoms with Gasteiger partial charge in [0.25, 0.3) is 23.4 Å². The molecule has 9 nitrogen and oxygen atoms in total. The molecule has 0 bridgehead atoms. The van der Waals surface area contributed by atoms with Crippen LogP contribution in [-0.2, 0) is 9.59 Å². The molecule has 1 aliphatic heterocycles. The highest BCUT2D eigenvalue weighted by molar-refractivity contribution is 6.30. The van der Waals surface area contributed by atoms with Gasteiger partial charge in [-0.15, -0.1) is 0 Å². The van der Waals surface area contributed by atoms with E-state index in [0.717, 1.165) is 22.2 Å². The summed E-state index contributed by atoms with van der Waals surface area (Å²) >= 11 is 5.89. The molecule has 0 saturated carbocycles. The Hall–Kier alpha value is -3.85. The summed E-state index contributed by atoms with van der Waals surface area (Å²) in [6.45, 7) is 1.25. The lowest BCUT2D eigenvalue weighted by atomic mass is 9.78. The lowest BCUT2D eigenvalue weighted by Crippen LogP contribution is -2.52. The van der Waals surface area contributed by atoms with Crippen LogP contribution in [-0.4, -0.2) is 45.0 Å². The molecule has 34 heavy (non-hydrogen) atoms. The molecule has 2 aromatic rings. The van der Waals surface area contributed by atoms with Gasteiger partial charge in [0, 0.05) is 28.3 Å². The standard InChI is InChI=1S/C24H20ClN3O6/c1-14-3-2-4-19-21(14)24(32)27(23(19)31)26(13-20(29)15-5-9-17(25)10-6-15)22(30)16-7-11-18(12-8-16)28(33)34/h2-3,5-12,14,19,21H,4,13H2,1H3/t14-,19-,21+/m1/s1. The summed E-state index contributed by atoms with van der Waals surface area (Å²) in [6, 6.07) is 10.7. The van der Waals surface area contributed by atoms with Crippen molar-refractivity contribution in [2.45, 2.75) is 13.3 Å². The van der Waals surface area contributed by atoms with Crippen molar-refractivity contribution in [3.63, 3.8) is 0 Å². The van der Waals surface area contributed by atoms with Crippen LogP contribution in [0.5, 0.6) is 0 Å². The Bertz CT molecular complexity index is 1210. The third-order valence-electron chi connectivity index (χ3n) is 6.11. The van der Waals surface area contributed by atoms with Gasteiger partial charge in [-0.3, -0.25) is 29.3 Å². The molecule has 4 rings (SSSR count). The molecule has 0 spiro atoms. The van der Waals surface area contributed by atoms with Crippen molar-refractivity contribution in [3.05, 3.63) is 86.9 Å². The van der Waals surface area contributed by atoms with E-state index in [4.69, 9.17) is 11.6 Å². The summed E-state index contributed by atoms with van der Waals surface area (Å²) in [4.78, 5) is 63.3. The van der Waals surface area contributed by atoms with Gasteiger partial charge in [0.05, 0.1) is 16.8 Å². The lowest BCUT2D eigenvalue weighted by Gasteiger charge is -2.30. The van der Waals surface area contributed by atoms with Crippen molar-refractivity contribution < 1.29 is 24.1 Å². The predicted octanol–water partition coefficient (Wildman–Crippen LogP) is 3.69. The van der Waals surface area contributed by atoms with Gasteiger partial charge < -0.3 is 0 Å². The molecular formula is C24H20ClN3O6. The van der Waals surface area contributed by atoms with Gasteiger partial charge in [-0.05, 0) is 48.7 Å². The van der Waals surface area contributed by atoms with E-state index in [1.54, 1.807) is 0 Å². The van der Waals surface area contributed by atoms with E-state index in [1.807, 2.05) is 19.1 Å². The van der Waals surface area contributed by atoms with Gasteiger partial charge in [0.15, 0.2) is 5.78 Å². The average molecular weight is 482 g/mol. The van der Waals surface area contributed by atoms with Crippen LogP contribution in [0.4, 0.5) is 5.69 Å². The van der Waals surface area contributed by atoms with E-state index >= 15 is 0 Å². The van der Waals surface area contributed by atoms with Gasteiger partial charge in [-0.2, -0.15) is 5.01 Å². The average Bonchev–Trinajstić information content (AvgIpc) is 3.08. The first-order valence-corrected chi connectivity index (χ1v) is 11.0. The molecule has 3 atom stereocenters. The highest BCUT2D eigenvalue weighted by atomic mass is 35.5. The molecule has 1 heterocycles. The number of hydrogen-bond donors (Lipinski definition) is 0. The number of amides is 3. The molecule has 0 unspecified atom stereocenters. The Labute approximate surface area is 199 Å². The first kappa shape index (κ1) is 23.3. The molecule has 10 heteroatoms. The number of carbonyl (C=O) groups is 4. The van der Waals surface area contributed by atoms with Gasteiger partial charge in [0.1, 0.15) is 6.54 Å². The minimum absolute atomic E-state index is 0.00356. The molecule has 1 aliphatic carbocycles. The Morgan fingerprint density at radius 1 is 1.06 bits per heavy atom. The number of imide groups is 1. The molecule has 0 radical (unpaired) electrons. The van der Waals surface area contributed by atoms with Crippen molar-refractivity contribution >= 4 is 40.8 Å². The molecule has 1 saturated heterocycles.